The second kappa shape index (κ2) is 5.74. The average molecular weight is 273 g/mol. The minimum atomic E-state index is -0.730. The number of carbonyl (C=O) groups is 1. The van der Waals surface area contributed by atoms with Crippen LogP contribution in [0.15, 0.2) is 42.5 Å². The second-order valence-corrected chi connectivity index (χ2v) is 4.52. The Hall–Kier alpha value is -2.36. The van der Waals surface area contributed by atoms with Gasteiger partial charge in [0.1, 0.15) is 17.1 Å². The highest BCUT2D eigenvalue weighted by atomic mass is 19.1. The van der Waals surface area contributed by atoms with Crippen LogP contribution in [0.5, 0.6) is 5.75 Å². The number of rotatable bonds is 3. The predicted octanol–water partition coefficient (Wildman–Crippen LogP) is 3.37. The molecule has 2 aromatic rings. The number of carbonyl (C=O) groups excluding carboxylic acids is 1. The summed E-state index contributed by atoms with van der Waals surface area (Å²) >= 11 is 0. The van der Waals surface area contributed by atoms with E-state index in [1.807, 2.05) is 19.1 Å². The van der Waals surface area contributed by atoms with Crippen molar-refractivity contribution in [2.24, 2.45) is 0 Å². The highest BCUT2D eigenvalue weighted by Gasteiger charge is 2.21. The van der Waals surface area contributed by atoms with Gasteiger partial charge in [0, 0.05) is 12.7 Å². The van der Waals surface area contributed by atoms with Gasteiger partial charge in [-0.3, -0.25) is 4.79 Å². The van der Waals surface area contributed by atoms with Gasteiger partial charge in [0.05, 0.1) is 0 Å². The van der Waals surface area contributed by atoms with Crippen LogP contribution in [0.25, 0.3) is 0 Å². The van der Waals surface area contributed by atoms with Crippen molar-refractivity contribution < 1.29 is 14.3 Å². The Kier molecular flexibility index (Phi) is 4.03. The molecule has 3 nitrogen and oxygen atoms in total. The molecule has 0 saturated carbocycles. The van der Waals surface area contributed by atoms with Gasteiger partial charge in [0.15, 0.2) is 0 Å². The lowest BCUT2D eigenvalue weighted by molar-refractivity contribution is 0.0986. The van der Waals surface area contributed by atoms with Gasteiger partial charge in [-0.05, 0) is 36.2 Å². The van der Waals surface area contributed by atoms with Crippen LogP contribution in [0.1, 0.15) is 22.8 Å². The minimum Gasteiger partial charge on any atom is -0.507 e. The first-order valence-corrected chi connectivity index (χ1v) is 6.39. The fraction of sp³-hybridized carbons (Fsp3) is 0.188. The number of hydrogen-bond acceptors (Lipinski definition) is 2. The van der Waals surface area contributed by atoms with E-state index in [2.05, 4.69) is 0 Å². The summed E-state index contributed by atoms with van der Waals surface area (Å²) in [5.74, 6) is -1.66. The Balaban J connectivity index is 2.32. The second-order valence-electron chi connectivity index (χ2n) is 4.52. The summed E-state index contributed by atoms with van der Waals surface area (Å²) in [6, 6.07) is 11.2. The van der Waals surface area contributed by atoms with Crippen LogP contribution in [-0.2, 0) is 6.42 Å². The third kappa shape index (κ3) is 2.64. The average Bonchev–Trinajstić information content (AvgIpc) is 2.46. The first-order valence-electron chi connectivity index (χ1n) is 6.39. The van der Waals surface area contributed by atoms with E-state index in [1.165, 1.54) is 17.0 Å². The molecular weight excluding hydrogens is 257 g/mol. The topological polar surface area (TPSA) is 40.5 Å². The summed E-state index contributed by atoms with van der Waals surface area (Å²) in [6.45, 7) is 2.04. The number of anilines is 1. The number of nitrogens with zero attached hydrogens (tertiary/aromatic N) is 1. The number of hydrogen-bond donors (Lipinski definition) is 1. The normalized spacial score (nSPS) is 10.3. The lowest BCUT2D eigenvalue weighted by atomic mass is 10.1. The molecule has 104 valence electrons. The maximum absolute atomic E-state index is 13.7. The monoisotopic (exact) mass is 273 g/mol. The number of benzene rings is 2. The SMILES string of the molecule is CCc1ccc(N(C)C(=O)c2c(O)cccc2F)cc1. The van der Waals surface area contributed by atoms with Crippen LogP contribution in [0.3, 0.4) is 0 Å². The zero-order chi connectivity index (χ0) is 14.7. The van der Waals surface area contributed by atoms with E-state index < -0.39 is 11.7 Å². The summed E-state index contributed by atoms with van der Waals surface area (Å²) in [4.78, 5) is 13.6. The summed E-state index contributed by atoms with van der Waals surface area (Å²) in [7, 11) is 1.55. The van der Waals surface area contributed by atoms with Crippen molar-refractivity contribution in [1.82, 2.24) is 0 Å². The van der Waals surface area contributed by atoms with Gasteiger partial charge in [-0.2, -0.15) is 0 Å². The third-order valence-electron chi connectivity index (χ3n) is 3.24. The van der Waals surface area contributed by atoms with Gasteiger partial charge >= 0.3 is 0 Å². The third-order valence-corrected chi connectivity index (χ3v) is 3.24. The van der Waals surface area contributed by atoms with Gasteiger partial charge in [-0.1, -0.05) is 25.1 Å². The number of phenols is 1. The van der Waals surface area contributed by atoms with Crippen molar-refractivity contribution in [3.8, 4) is 5.75 Å². The van der Waals surface area contributed by atoms with E-state index in [0.717, 1.165) is 18.1 Å². The van der Waals surface area contributed by atoms with E-state index in [1.54, 1.807) is 19.2 Å². The molecule has 0 aromatic heterocycles. The van der Waals surface area contributed by atoms with Crippen LogP contribution in [-0.4, -0.2) is 18.1 Å². The van der Waals surface area contributed by atoms with Crippen LogP contribution in [0.4, 0.5) is 10.1 Å². The van der Waals surface area contributed by atoms with Crippen molar-refractivity contribution in [3.05, 3.63) is 59.4 Å². The molecule has 0 bridgehead atoms. The first kappa shape index (κ1) is 14.1. The van der Waals surface area contributed by atoms with E-state index in [0.29, 0.717) is 5.69 Å². The molecule has 0 saturated heterocycles. The van der Waals surface area contributed by atoms with Crippen LogP contribution >= 0.6 is 0 Å². The van der Waals surface area contributed by atoms with Crippen LogP contribution in [0, 0.1) is 5.82 Å². The molecule has 2 aromatic carbocycles. The molecule has 0 fully saturated rings. The smallest absolute Gasteiger partial charge is 0.264 e. The Labute approximate surface area is 117 Å². The van der Waals surface area contributed by atoms with Gasteiger partial charge < -0.3 is 10.0 Å². The number of amides is 1. The summed E-state index contributed by atoms with van der Waals surface area (Å²) < 4.78 is 13.7. The van der Waals surface area contributed by atoms with Gasteiger partial charge in [0.2, 0.25) is 0 Å². The molecule has 0 spiro atoms. The molecule has 0 atom stereocenters. The largest absolute Gasteiger partial charge is 0.507 e. The molecule has 0 aliphatic rings. The Morgan fingerprint density at radius 3 is 2.40 bits per heavy atom. The summed E-state index contributed by atoms with van der Waals surface area (Å²) in [5.41, 5.74) is 1.49. The van der Waals surface area contributed by atoms with Crippen molar-refractivity contribution >= 4 is 11.6 Å². The lowest BCUT2D eigenvalue weighted by Crippen LogP contribution is -2.27. The zero-order valence-electron chi connectivity index (χ0n) is 11.4. The summed E-state index contributed by atoms with van der Waals surface area (Å²) in [5, 5.41) is 9.65. The van der Waals surface area contributed by atoms with Crippen LogP contribution in [0.2, 0.25) is 0 Å². The highest BCUT2D eigenvalue weighted by Crippen LogP contribution is 2.24. The number of phenolic OH excluding ortho intramolecular Hbond substituents is 1. The van der Waals surface area contributed by atoms with E-state index >= 15 is 0 Å². The van der Waals surface area contributed by atoms with E-state index in [4.69, 9.17) is 0 Å². The molecule has 4 heteroatoms. The van der Waals surface area contributed by atoms with Crippen molar-refractivity contribution in [3.63, 3.8) is 0 Å². The highest BCUT2D eigenvalue weighted by molar-refractivity contribution is 6.07. The molecular formula is C16H16FNO2. The quantitative estimate of drug-likeness (QED) is 0.931. The van der Waals surface area contributed by atoms with Gasteiger partial charge in [-0.25, -0.2) is 4.39 Å². The maximum Gasteiger partial charge on any atom is 0.264 e. The van der Waals surface area contributed by atoms with Crippen molar-refractivity contribution in [2.75, 3.05) is 11.9 Å². The van der Waals surface area contributed by atoms with Crippen molar-refractivity contribution in [2.45, 2.75) is 13.3 Å². The maximum atomic E-state index is 13.7. The summed E-state index contributed by atoms with van der Waals surface area (Å²) in [6.07, 6.45) is 0.909. The fourth-order valence-electron chi connectivity index (χ4n) is 1.96. The van der Waals surface area contributed by atoms with Crippen molar-refractivity contribution in [1.29, 1.82) is 0 Å². The molecule has 0 unspecified atom stereocenters. The molecule has 1 amide bonds. The standard InChI is InChI=1S/C16H16FNO2/c1-3-11-7-9-12(10-8-11)18(2)16(20)15-13(17)5-4-6-14(15)19/h4-10,19H,3H2,1-2H3. The predicted molar refractivity (Wildman–Crippen MR) is 76.6 cm³/mol. The van der Waals surface area contributed by atoms with E-state index in [-0.39, 0.29) is 11.3 Å². The Morgan fingerprint density at radius 2 is 1.85 bits per heavy atom. The zero-order valence-corrected chi connectivity index (χ0v) is 11.4. The van der Waals surface area contributed by atoms with Gasteiger partial charge in [-0.15, -0.1) is 0 Å². The number of halogens is 1. The first-order chi connectivity index (χ1) is 9.54. The van der Waals surface area contributed by atoms with E-state index in [9.17, 15) is 14.3 Å². The molecule has 0 heterocycles. The molecule has 1 N–H and O–H groups in total. The molecule has 2 rings (SSSR count). The lowest BCUT2D eigenvalue weighted by Gasteiger charge is -2.18. The van der Waals surface area contributed by atoms with Crippen LogP contribution < -0.4 is 4.90 Å². The Bertz CT molecular complexity index is 603. The molecule has 0 aliphatic heterocycles. The fourth-order valence-corrected chi connectivity index (χ4v) is 1.96. The molecule has 0 radical (unpaired) electrons. The minimum absolute atomic E-state index is 0.311. The Morgan fingerprint density at radius 1 is 1.20 bits per heavy atom. The molecule has 0 aliphatic carbocycles. The van der Waals surface area contributed by atoms with Gasteiger partial charge in [0.25, 0.3) is 5.91 Å². The molecule has 20 heavy (non-hydrogen) atoms. The number of aromatic hydroxyl groups is 1. The number of aryl methyl sites for hydroxylation is 1.